The predicted molar refractivity (Wildman–Crippen MR) is 122 cm³/mol. The van der Waals surface area contributed by atoms with Crippen LogP contribution in [0.15, 0.2) is 34.0 Å². The number of nitrogens with two attached hydrogens (primary N) is 2. The Morgan fingerprint density at radius 1 is 1.43 bits per heavy atom. The van der Waals surface area contributed by atoms with E-state index in [1.165, 1.54) is 25.3 Å². The van der Waals surface area contributed by atoms with Crippen molar-refractivity contribution in [1.29, 1.82) is 5.41 Å². The maximum Gasteiger partial charge on any atom is 0.254 e. The van der Waals surface area contributed by atoms with Gasteiger partial charge in [-0.2, -0.15) is 10.4 Å². The Morgan fingerprint density at radius 3 is 3.00 bits per heavy atom. The monoisotopic (exact) mass is 473 g/mol. The molecule has 2 aromatic rings. The minimum Gasteiger partial charge on any atom is -0.365 e. The number of hydrogen-bond donors (Lipinski definition) is 5. The summed E-state index contributed by atoms with van der Waals surface area (Å²) < 4.78 is 0.849. The quantitative estimate of drug-likeness (QED) is 0.173. The van der Waals surface area contributed by atoms with Crippen LogP contribution in [0, 0.1) is 11.3 Å². The fourth-order valence-corrected chi connectivity index (χ4v) is 3.85. The summed E-state index contributed by atoms with van der Waals surface area (Å²) in [5.41, 5.74) is 8.89. The maximum absolute atomic E-state index is 11.9. The number of carbonyl (C=O) groups is 1. The molecule has 0 spiro atoms. The summed E-state index contributed by atoms with van der Waals surface area (Å²) in [4.78, 5) is 20.7. The molecule has 10 heteroatoms. The van der Waals surface area contributed by atoms with Gasteiger partial charge in [-0.05, 0) is 46.8 Å². The number of aromatic nitrogens is 2. The van der Waals surface area contributed by atoms with Crippen LogP contribution in [0.1, 0.15) is 43.0 Å². The smallest absolute Gasteiger partial charge is 0.254 e. The van der Waals surface area contributed by atoms with Crippen molar-refractivity contribution >= 4 is 57.4 Å². The lowest BCUT2D eigenvalue weighted by Crippen LogP contribution is -2.71. The van der Waals surface area contributed by atoms with E-state index in [9.17, 15) is 4.79 Å². The summed E-state index contributed by atoms with van der Waals surface area (Å²) in [5, 5.41) is 17.6. The van der Waals surface area contributed by atoms with Crippen LogP contribution in [0.5, 0.6) is 0 Å². The van der Waals surface area contributed by atoms with Crippen LogP contribution < -0.4 is 21.8 Å². The molecule has 0 radical (unpaired) electrons. The fraction of sp³-hybridized carbons (Fsp3) is 0.350. The van der Waals surface area contributed by atoms with Gasteiger partial charge in [0.1, 0.15) is 17.6 Å². The van der Waals surface area contributed by atoms with Gasteiger partial charge in [0, 0.05) is 30.2 Å². The Bertz CT molecular complexity index is 948. The zero-order valence-corrected chi connectivity index (χ0v) is 18.3. The molecule has 0 aliphatic heterocycles. The van der Waals surface area contributed by atoms with Crippen molar-refractivity contribution < 1.29 is 10.2 Å². The molecule has 0 saturated heterocycles. The minimum absolute atomic E-state index is 0.216. The molecule has 0 bridgehead atoms. The molecule has 2 atom stereocenters. The van der Waals surface area contributed by atoms with Crippen molar-refractivity contribution in [3.8, 4) is 0 Å². The van der Waals surface area contributed by atoms with E-state index in [2.05, 4.69) is 48.6 Å². The first-order valence-corrected chi connectivity index (χ1v) is 10.6. The first-order chi connectivity index (χ1) is 14.5. The van der Waals surface area contributed by atoms with Crippen LogP contribution in [0.2, 0.25) is 0 Å². The van der Waals surface area contributed by atoms with Gasteiger partial charge in [0.15, 0.2) is 5.69 Å². The second kappa shape index (κ2) is 10.3. The van der Waals surface area contributed by atoms with Crippen molar-refractivity contribution in [2.45, 2.75) is 38.6 Å². The van der Waals surface area contributed by atoms with Crippen molar-refractivity contribution in [2.75, 3.05) is 10.6 Å². The molecular weight excluding hydrogens is 448 g/mol. The largest absolute Gasteiger partial charge is 0.365 e. The number of quaternary nitrogens is 1. The highest BCUT2D eigenvalue weighted by Gasteiger charge is 2.20. The summed E-state index contributed by atoms with van der Waals surface area (Å²) in [6.07, 6.45) is 8.52. The number of nitrogens with zero attached hydrogens (tertiary/aromatic N) is 3. The molecule has 1 saturated carbocycles. The Balaban J connectivity index is 1.83. The number of halogens is 1. The minimum atomic E-state index is -0.602. The zero-order valence-electron chi connectivity index (χ0n) is 16.7. The topological polar surface area (TPSA) is 146 Å². The summed E-state index contributed by atoms with van der Waals surface area (Å²) in [6, 6.07) is 5.89. The summed E-state index contributed by atoms with van der Waals surface area (Å²) in [7, 11) is 0. The second-order valence-corrected chi connectivity index (χ2v) is 8.24. The van der Waals surface area contributed by atoms with E-state index in [0.717, 1.165) is 29.2 Å². The van der Waals surface area contributed by atoms with E-state index in [4.69, 9.17) is 11.1 Å². The summed E-state index contributed by atoms with van der Waals surface area (Å²) >= 11 is 3.48. The van der Waals surface area contributed by atoms with Gasteiger partial charge in [0.25, 0.3) is 5.91 Å². The van der Waals surface area contributed by atoms with Gasteiger partial charge in [-0.25, -0.2) is 4.98 Å². The number of benzene rings is 1. The molecule has 1 aromatic carbocycles. The maximum atomic E-state index is 11.9. The molecule has 1 fully saturated rings. The van der Waals surface area contributed by atoms with Crippen LogP contribution in [0.3, 0.4) is 0 Å². The molecular formula is C20H26BrN8O+. The third-order valence-corrected chi connectivity index (χ3v) is 5.68. The Morgan fingerprint density at radius 2 is 2.27 bits per heavy atom. The van der Waals surface area contributed by atoms with Crippen molar-refractivity contribution in [3.63, 3.8) is 0 Å². The van der Waals surface area contributed by atoms with Gasteiger partial charge in [0.05, 0.1) is 4.47 Å². The van der Waals surface area contributed by atoms with E-state index in [0.29, 0.717) is 29.4 Å². The van der Waals surface area contributed by atoms with Crippen LogP contribution in [0.4, 0.5) is 23.1 Å². The van der Waals surface area contributed by atoms with Crippen LogP contribution in [-0.4, -0.2) is 34.3 Å². The number of anilines is 3. The fourth-order valence-electron chi connectivity index (χ4n) is 3.50. The van der Waals surface area contributed by atoms with E-state index in [-0.39, 0.29) is 5.56 Å². The molecule has 1 amide bonds. The lowest BCUT2D eigenvalue weighted by Gasteiger charge is -2.27. The van der Waals surface area contributed by atoms with Crippen LogP contribution in [0.25, 0.3) is 0 Å². The highest BCUT2D eigenvalue weighted by molar-refractivity contribution is 9.10. The van der Waals surface area contributed by atoms with E-state index in [1.807, 2.05) is 18.2 Å². The first-order valence-electron chi connectivity index (χ1n) is 9.81. The third kappa shape index (κ3) is 5.83. The SMILES string of the molecule is CC1CCC[C@@H](Nc2ncc(C(N)=O)c(Nc3ccc(Br)c([NH2+]/N=C\C=N)c3)n2)C1. The molecule has 158 valence electrons. The predicted octanol–water partition coefficient (Wildman–Crippen LogP) is 2.90. The number of hydrogen-bond acceptors (Lipinski definition) is 7. The highest BCUT2D eigenvalue weighted by atomic mass is 79.9. The lowest BCUT2D eigenvalue weighted by molar-refractivity contribution is -0.577. The number of amides is 1. The molecule has 3 rings (SSSR count). The summed E-state index contributed by atoms with van der Waals surface area (Å²) in [5.74, 6) is 0.891. The van der Waals surface area contributed by atoms with Gasteiger partial charge >= 0.3 is 0 Å². The molecule has 1 aromatic heterocycles. The molecule has 1 unspecified atom stereocenters. The van der Waals surface area contributed by atoms with Crippen LogP contribution >= 0.6 is 15.9 Å². The average Bonchev–Trinajstić information content (AvgIpc) is 2.70. The van der Waals surface area contributed by atoms with Crippen molar-refractivity contribution in [2.24, 2.45) is 16.8 Å². The zero-order chi connectivity index (χ0) is 21.5. The van der Waals surface area contributed by atoms with Gasteiger partial charge in [0.2, 0.25) is 5.95 Å². The lowest BCUT2D eigenvalue weighted by atomic mass is 9.87. The van der Waals surface area contributed by atoms with Crippen molar-refractivity contribution in [3.05, 3.63) is 34.4 Å². The van der Waals surface area contributed by atoms with E-state index >= 15 is 0 Å². The van der Waals surface area contributed by atoms with Gasteiger partial charge in [-0.3, -0.25) is 4.79 Å². The Hall–Kier alpha value is -2.85. The number of rotatable bonds is 8. The Kier molecular flexibility index (Phi) is 7.47. The van der Waals surface area contributed by atoms with Gasteiger partial charge in [-0.1, -0.05) is 24.9 Å². The number of primary amides is 1. The standard InChI is InChI=1S/C20H25BrN8O/c1-12-3-2-4-13(9-12)27-20-24-11-15(18(23)30)19(28-20)26-14-5-6-16(21)17(10-14)29-25-8-7-22/h5-8,10-13,22,29H,2-4,9H2,1H3,(H2,23,30)(H2,24,26,27,28)/p+1/b22-7?,25-8-/t12?,13-/m1/s1. The number of nitrogens with one attached hydrogen (secondary N) is 3. The molecule has 9 nitrogen and oxygen atoms in total. The van der Waals surface area contributed by atoms with E-state index < -0.39 is 5.91 Å². The van der Waals surface area contributed by atoms with Gasteiger partial charge in [-0.15, -0.1) is 0 Å². The average molecular weight is 474 g/mol. The Labute approximate surface area is 183 Å². The highest BCUT2D eigenvalue weighted by Crippen LogP contribution is 2.28. The van der Waals surface area contributed by atoms with Gasteiger partial charge < -0.3 is 21.8 Å². The molecule has 1 aliphatic carbocycles. The number of carbonyl (C=O) groups excluding carboxylic acids is 1. The second-order valence-electron chi connectivity index (χ2n) is 7.39. The van der Waals surface area contributed by atoms with Crippen molar-refractivity contribution in [1.82, 2.24) is 9.97 Å². The molecule has 1 heterocycles. The molecule has 7 N–H and O–H groups in total. The first kappa shape index (κ1) is 21.8. The normalized spacial score (nSPS) is 18.9. The van der Waals surface area contributed by atoms with Crippen LogP contribution in [-0.2, 0) is 0 Å². The molecule has 30 heavy (non-hydrogen) atoms. The third-order valence-electron chi connectivity index (χ3n) is 4.96. The van der Waals surface area contributed by atoms with E-state index in [1.54, 1.807) is 5.43 Å². The molecule has 1 aliphatic rings. The summed E-state index contributed by atoms with van der Waals surface area (Å²) in [6.45, 7) is 2.26.